The molecule has 0 unspecified atom stereocenters. The van der Waals surface area contributed by atoms with Crippen molar-refractivity contribution in [3.8, 4) is 0 Å². The second kappa shape index (κ2) is 5.52. The molecule has 22 heavy (non-hydrogen) atoms. The summed E-state index contributed by atoms with van der Waals surface area (Å²) in [5.41, 5.74) is 1.30. The lowest BCUT2D eigenvalue weighted by Crippen LogP contribution is -2.38. The Balaban J connectivity index is 1.57. The summed E-state index contributed by atoms with van der Waals surface area (Å²) in [6.07, 6.45) is 5.23. The molecule has 0 saturated heterocycles. The maximum absolute atomic E-state index is 12.2. The third-order valence-corrected chi connectivity index (χ3v) is 6.91. The predicted octanol–water partition coefficient (Wildman–Crippen LogP) is 3.64. The van der Waals surface area contributed by atoms with Gasteiger partial charge in [-0.1, -0.05) is 32.5 Å². The van der Waals surface area contributed by atoms with Crippen LogP contribution >= 0.6 is 11.8 Å². The summed E-state index contributed by atoms with van der Waals surface area (Å²) in [4.78, 5) is 20.6. The Morgan fingerprint density at radius 2 is 2.23 bits per heavy atom. The fourth-order valence-corrected chi connectivity index (χ4v) is 4.78. The highest BCUT2D eigenvalue weighted by Crippen LogP contribution is 2.66. The fourth-order valence-electron chi connectivity index (χ4n) is 4.12. The van der Waals surface area contributed by atoms with E-state index in [2.05, 4.69) is 30.7 Å². The molecular weight excluding hydrogens is 296 g/mol. The van der Waals surface area contributed by atoms with Crippen LogP contribution in [0.1, 0.15) is 45.7 Å². The number of rotatable bonds is 4. The lowest BCUT2D eigenvalue weighted by molar-refractivity contribution is -0.153. The molecule has 0 aliphatic heterocycles. The van der Waals surface area contributed by atoms with Crippen molar-refractivity contribution < 1.29 is 9.53 Å². The number of aryl methyl sites for hydroxylation is 1. The van der Waals surface area contributed by atoms with E-state index in [1.54, 1.807) is 6.20 Å². The maximum atomic E-state index is 12.2. The Morgan fingerprint density at radius 1 is 1.45 bits per heavy atom. The highest BCUT2D eigenvalue weighted by atomic mass is 32.2. The molecule has 0 aromatic carbocycles. The van der Waals surface area contributed by atoms with Crippen LogP contribution in [0.3, 0.4) is 0 Å². The Morgan fingerprint density at radius 3 is 2.82 bits per heavy atom. The van der Waals surface area contributed by atoms with Crippen molar-refractivity contribution in [3.63, 3.8) is 0 Å². The van der Waals surface area contributed by atoms with E-state index in [9.17, 15) is 4.79 Å². The van der Waals surface area contributed by atoms with Crippen molar-refractivity contribution >= 4 is 17.7 Å². The number of carbonyl (C=O) groups excluding carboxylic acids is 1. The minimum absolute atomic E-state index is 0.0628. The summed E-state index contributed by atoms with van der Waals surface area (Å²) in [5.74, 6) is 0.814. The molecule has 4 nitrogen and oxygen atoms in total. The van der Waals surface area contributed by atoms with Gasteiger partial charge >= 0.3 is 5.97 Å². The van der Waals surface area contributed by atoms with Gasteiger partial charge in [0, 0.05) is 17.3 Å². The highest BCUT2D eigenvalue weighted by Gasteiger charge is 2.62. The molecule has 120 valence electrons. The Labute approximate surface area is 136 Å². The number of carbonyl (C=O) groups is 1. The van der Waals surface area contributed by atoms with Gasteiger partial charge in [0.15, 0.2) is 5.16 Å². The number of hydrogen-bond donors (Lipinski definition) is 0. The number of hydrogen-bond acceptors (Lipinski definition) is 5. The van der Waals surface area contributed by atoms with Crippen molar-refractivity contribution in [1.29, 1.82) is 0 Å². The molecule has 3 atom stereocenters. The molecule has 0 spiro atoms. The molecular formula is C17H24N2O2S. The molecule has 2 bridgehead atoms. The topological polar surface area (TPSA) is 52.1 Å². The zero-order chi connectivity index (χ0) is 16.0. The van der Waals surface area contributed by atoms with Gasteiger partial charge in [0.25, 0.3) is 0 Å². The van der Waals surface area contributed by atoms with Crippen LogP contribution in [0, 0.1) is 23.7 Å². The minimum atomic E-state index is -0.148. The first-order chi connectivity index (χ1) is 10.3. The number of ether oxygens (including phenoxy) is 1. The molecule has 2 fully saturated rings. The molecule has 5 heteroatoms. The predicted molar refractivity (Wildman–Crippen MR) is 86.6 cm³/mol. The zero-order valence-corrected chi connectivity index (χ0v) is 14.6. The van der Waals surface area contributed by atoms with E-state index in [0.717, 1.165) is 18.5 Å². The van der Waals surface area contributed by atoms with Crippen molar-refractivity contribution in [3.05, 3.63) is 18.0 Å². The van der Waals surface area contributed by atoms with Crippen LogP contribution in [0.15, 0.2) is 17.4 Å². The monoisotopic (exact) mass is 320 g/mol. The minimum Gasteiger partial charge on any atom is -0.461 e. The summed E-state index contributed by atoms with van der Waals surface area (Å²) in [6.45, 7) is 8.86. The molecule has 0 radical (unpaired) electrons. The van der Waals surface area contributed by atoms with Gasteiger partial charge in [0.1, 0.15) is 6.10 Å². The lowest BCUT2D eigenvalue weighted by atomic mass is 9.70. The summed E-state index contributed by atoms with van der Waals surface area (Å²) in [7, 11) is 0. The zero-order valence-electron chi connectivity index (χ0n) is 13.8. The van der Waals surface area contributed by atoms with Gasteiger partial charge in [-0.15, -0.1) is 0 Å². The van der Waals surface area contributed by atoms with Gasteiger partial charge < -0.3 is 4.74 Å². The molecule has 1 heterocycles. The van der Waals surface area contributed by atoms with Crippen LogP contribution < -0.4 is 0 Å². The van der Waals surface area contributed by atoms with Crippen molar-refractivity contribution in [2.75, 3.05) is 5.75 Å². The SMILES string of the molecule is Cc1ccnc(SCC(=O)O[C@@H]2C[C@@H]3CC[C@]2(C)C3(C)C)n1. The van der Waals surface area contributed by atoms with E-state index >= 15 is 0 Å². The van der Waals surface area contributed by atoms with Gasteiger partial charge in [-0.3, -0.25) is 4.79 Å². The molecule has 1 aromatic heterocycles. The first-order valence-corrected chi connectivity index (χ1v) is 8.93. The Bertz CT molecular complexity index is 590. The molecule has 1 aromatic rings. The largest absolute Gasteiger partial charge is 0.461 e. The molecule has 2 aliphatic carbocycles. The van der Waals surface area contributed by atoms with Gasteiger partial charge in [0.2, 0.25) is 0 Å². The molecule has 2 saturated carbocycles. The van der Waals surface area contributed by atoms with Crippen LogP contribution in [-0.4, -0.2) is 27.8 Å². The molecule has 2 aliphatic rings. The number of nitrogens with zero attached hydrogens (tertiary/aromatic N) is 2. The van der Waals surface area contributed by atoms with Gasteiger partial charge in [-0.05, 0) is 43.6 Å². The Hall–Kier alpha value is -1.10. The van der Waals surface area contributed by atoms with E-state index in [1.807, 2.05) is 13.0 Å². The van der Waals surface area contributed by atoms with E-state index in [4.69, 9.17) is 4.74 Å². The third kappa shape index (κ3) is 2.53. The Kier molecular flexibility index (Phi) is 3.96. The standard InChI is InChI=1S/C17H24N2O2S/c1-11-6-8-18-15(19-11)22-10-14(20)21-13-9-12-5-7-17(13,4)16(12,2)3/h6,8,12-13H,5,7,9-10H2,1-4H3/t12-,13+,17-/m0/s1. The van der Waals surface area contributed by atoms with Crippen molar-refractivity contribution in [2.24, 2.45) is 16.7 Å². The molecule has 0 amide bonds. The fraction of sp³-hybridized carbons (Fsp3) is 0.706. The lowest BCUT2D eigenvalue weighted by Gasteiger charge is -2.38. The van der Waals surface area contributed by atoms with E-state index in [0.29, 0.717) is 11.1 Å². The van der Waals surface area contributed by atoms with Gasteiger partial charge in [0.05, 0.1) is 5.75 Å². The summed E-state index contributed by atoms with van der Waals surface area (Å²) < 4.78 is 5.82. The summed E-state index contributed by atoms with van der Waals surface area (Å²) >= 11 is 1.35. The smallest absolute Gasteiger partial charge is 0.316 e. The average molecular weight is 320 g/mol. The van der Waals surface area contributed by atoms with E-state index < -0.39 is 0 Å². The quantitative estimate of drug-likeness (QED) is 0.482. The van der Waals surface area contributed by atoms with Crippen LogP contribution in [-0.2, 0) is 9.53 Å². The maximum Gasteiger partial charge on any atom is 0.316 e. The second-order valence-electron chi connectivity index (χ2n) is 7.36. The highest BCUT2D eigenvalue weighted by molar-refractivity contribution is 7.99. The number of fused-ring (bicyclic) bond motifs is 2. The number of aromatic nitrogens is 2. The van der Waals surface area contributed by atoms with Crippen LogP contribution in [0.25, 0.3) is 0 Å². The molecule has 0 N–H and O–H groups in total. The van der Waals surface area contributed by atoms with Gasteiger partial charge in [-0.25, -0.2) is 9.97 Å². The third-order valence-electron chi connectivity index (χ3n) is 6.08. The first kappa shape index (κ1) is 15.8. The van der Waals surface area contributed by atoms with Crippen LogP contribution in [0.4, 0.5) is 0 Å². The second-order valence-corrected chi connectivity index (χ2v) is 8.30. The number of esters is 1. The average Bonchev–Trinajstić information content (AvgIpc) is 2.78. The van der Waals surface area contributed by atoms with Gasteiger partial charge in [-0.2, -0.15) is 0 Å². The van der Waals surface area contributed by atoms with E-state index in [-0.39, 0.29) is 28.7 Å². The number of thioether (sulfide) groups is 1. The van der Waals surface area contributed by atoms with Crippen molar-refractivity contribution in [2.45, 2.75) is 58.2 Å². The first-order valence-electron chi connectivity index (χ1n) is 7.95. The van der Waals surface area contributed by atoms with E-state index in [1.165, 1.54) is 18.2 Å². The molecule has 3 rings (SSSR count). The summed E-state index contributed by atoms with van der Waals surface area (Å²) in [5, 5.41) is 0.636. The summed E-state index contributed by atoms with van der Waals surface area (Å²) in [6, 6.07) is 1.85. The van der Waals surface area contributed by atoms with Crippen LogP contribution in [0.5, 0.6) is 0 Å². The van der Waals surface area contributed by atoms with Crippen LogP contribution in [0.2, 0.25) is 0 Å². The normalized spacial score (nSPS) is 32.2. The van der Waals surface area contributed by atoms with Crippen molar-refractivity contribution in [1.82, 2.24) is 9.97 Å².